The topological polar surface area (TPSA) is 81.4 Å². The van der Waals surface area contributed by atoms with Gasteiger partial charge in [-0.25, -0.2) is 0 Å². The summed E-state index contributed by atoms with van der Waals surface area (Å²) >= 11 is 1.52. The SMILES string of the molecule is CC(C)c1ccc(SCC(=O)NCc2ccc(OCC(N)=O)cc2)cc1. The Balaban J connectivity index is 1.73. The molecule has 26 heavy (non-hydrogen) atoms. The van der Waals surface area contributed by atoms with Crippen LogP contribution in [0, 0.1) is 0 Å². The normalized spacial score (nSPS) is 10.6. The third-order valence-electron chi connectivity index (χ3n) is 3.71. The summed E-state index contributed by atoms with van der Waals surface area (Å²) in [4.78, 5) is 23.8. The van der Waals surface area contributed by atoms with E-state index >= 15 is 0 Å². The van der Waals surface area contributed by atoms with E-state index in [1.165, 1.54) is 17.3 Å². The quantitative estimate of drug-likeness (QED) is 0.663. The van der Waals surface area contributed by atoms with E-state index in [4.69, 9.17) is 10.5 Å². The summed E-state index contributed by atoms with van der Waals surface area (Å²) < 4.78 is 5.19. The van der Waals surface area contributed by atoms with Crippen LogP contribution in [0.5, 0.6) is 5.75 Å². The molecule has 0 heterocycles. The van der Waals surface area contributed by atoms with Gasteiger partial charge in [-0.3, -0.25) is 9.59 Å². The van der Waals surface area contributed by atoms with E-state index in [1.54, 1.807) is 12.1 Å². The standard InChI is InChI=1S/C20H24N2O3S/c1-14(2)16-5-9-18(10-6-16)26-13-20(24)22-11-15-3-7-17(8-4-15)25-12-19(21)23/h3-10,14H,11-13H2,1-2H3,(H2,21,23)(H,22,24). The molecule has 0 aromatic heterocycles. The van der Waals surface area contributed by atoms with E-state index in [1.807, 2.05) is 12.1 Å². The lowest BCUT2D eigenvalue weighted by molar-refractivity contribution is -0.120. The summed E-state index contributed by atoms with van der Waals surface area (Å²) in [5.74, 6) is 0.916. The summed E-state index contributed by atoms with van der Waals surface area (Å²) in [5, 5.41) is 2.89. The molecule has 2 rings (SSSR count). The molecule has 138 valence electrons. The lowest BCUT2D eigenvalue weighted by Crippen LogP contribution is -2.24. The monoisotopic (exact) mass is 372 g/mol. The van der Waals surface area contributed by atoms with Gasteiger partial charge in [0.1, 0.15) is 5.75 Å². The first kappa shape index (κ1) is 19.8. The van der Waals surface area contributed by atoms with E-state index in [9.17, 15) is 9.59 Å². The molecule has 3 N–H and O–H groups in total. The Morgan fingerprint density at radius 3 is 2.31 bits per heavy atom. The van der Waals surface area contributed by atoms with Crippen LogP contribution < -0.4 is 15.8 Å². The molecule has 0 aliphatic heterocycles. The summed E-state index contributed by atoms with van der Waals surface area (Å²) in [7, 11) is 0. The van der Waals surface area contributed by atoms with Crippen LogP contribution >= 0.6 is 11.8 Å². The predicted octanol–water partition coefficient (Wildman–Crippen LogP) is 3.08. The highest BCUT2D eigenvalue weighted by Gasteiger charge is 2.05. The molecule has 0 bridgehead atoms. The minimum absolute atomic E-state index is 0.0167. The van der Waals surface area contributed by atoms with Crippen molar-refractivity contribution in [3.05, 3.63) is 59.7 Å². The number of thioether (sulfide) groups is 1. The van der Waals surface area contributed by atoms with Crippen molar-refractivity contribution in [2.24, 2.45) is 5.73 Å². The van der Waals surface area contributed by atoms with Crippen molar-refractivity contribution in [1.29, 1.82) is 0 Å². The van der Waals surface area contributed by atoms with Gasteiger partial charge in [-0.1, -0.05) is 38.1 Å². The Labute approximate surface area is 158 Å². The van der Waals surface area contributed by atoms with Crippen molar-refractivity contribution in [3.8, 4) is 5.75 Å². The van der Waals surface area contributed by atoms with E-state index in [2.05, 4.69) is 43.4 Å². The molecule has 2 amide bonds. The van der Waals surface area contributed by atoms with E-state index < -0.39 is 5.91 Å². The molecule has 0 fully saturated rings. The van der Waals surface area contributed by atoms with Crippen molar-refractivity contribution in [1.82, 2.24) is 5.32 Å². The number of carbonyl (C=O) groups excluding carboxylic acids is 2. The van der Waals surface area contributed by atoms with Crippen molar-refractivity contribution >= 4 is 23.6 Å². The van der Waals surface area contributed by atoms with Crippen LogP contribution in [0.15, 0.2) is 53.4 Å². The average Bonchev–Trinajstić information content (AvgIpc) is 2.64. The first-order valence-electron chi connectivity index (χ1n) is 8.43. The lowest BCUT2D eigenvalue weighted by atomic mass is 10.0. The van der Waals surface area contributed by atoms with Crippen molar-refractivity contribution < 1.29 is 14.3 Å². The van der Waals surface area contributed by atoms with Crippen LogP contribution in [0.3, 0.4) is 0 Å². The third kappa shape index (κ3) is 6.80. The van der Waals surface area contributed by atoms with Gasteiger partial charge in [0.25, 0.3) is 5.91 Å². The highest BCUT2D eigenvalue weighted by molar-refractivity contribution is 8.00. The van der Waals surface area contributed by atoms with Gasteiger partial charge < -0.3 is 15.8 Å². The molecule has 2 aromatic carbocycles. The van der Waals surface area contributed by atoms with E-state index in [-0.39, 0.29) is 12.5 Å². The Morgan fingerprint density at radius 1 is 1.08 bits per heavy atom. The first-order chi connectivity index (χ1) is 12.4. The second kappa shape index (κ2) is 9.87. The fourth-order valence-corrected chi connectivity index (χ4v) is 2.94. The predicted molar refractivity (Wildman–Crippen MR) is 104 cm³/mol. The fourth-order valence-electron chi connectivity index (χ4n) is 2.21. The van der Waals surface area contributed by atoms with Crippen molar-refractivity contribution in [2.45, 2.75) is 31.2 Å². The lowest BCUT2D eigenvalue weighted by Gasteiger charge is -2.08. The Hall–Kier alpha value is -2.47. The maximum Gasteiger partial charge on any atom is 0.255 e. The van der Waals surface area contributed by atoms with Gasteiger partial charge in [0, 0.05) is 11.4 Å². The third-order valence-corrected chi connectivity index (χ3v) is 4.72. The molecule has 0 unspecified atom stereocenters. The van der Waals surface area contributed by atoms with Gasteiger partial charge in [0.05, 0.1) is 5.75 Å². The number of ether oxygens (including phenoxy) is 1. The second-order valence-corrected chi connectivity index (χ2v) is 7.24. The molecule has 0 saturated heterocycles. The number of amides is 2. The zero-order valence-corrected chi connectivity index (χ0v) is 15.8. The average molecular weight is 372 g/mol. The number of hydrogen-bond donors (Lipinski definition) is 2. The van der Waals surface area contributed by atoms with Crippen LogP contribution in [0.25, 0.3) is 0 Å². The number of primary amides is 1. The number of nitrogens with two attached hydrogens (primary N) is 1. The summed E-state index contributed by atoms with van der Waals surface area (Å²) in [6, 6.07) is 15.5. The van der Waals surface area contributed by atoms with Crippen molar-refractivity contribution in [2.75, 3.05) is 12.4 Å². The van der Waals surface area contributed by atoms with Crippen LogP contribution in [0.2, 0.25) is 0 Å². The number of rotatable bonds is 9. The minimum Gasteiger partial charge on any atom is -0.484 e. The fraction of sp³-hybridized carbons (Fsp3) is 0.300. The van der Waals surface area contributed by atoms with Crippen LogP contribution in [-0.4, -0.2) is 24.2 Å². The molecule has 6 heteroatoms. The summed E-state index contributed by atoms with van der Waals surface area (Å²) in [6.45, 7) is 4.62. The summed E-state index contributed by atoms with van der Waals surface area (Å²) in [6.07, 6.45) is 0. The zero-order valence-electron chi connectivity index (χ0n) is 15.0. The number of carbonyl (C=O) groups is 2. The molecule has 0 radical (unpaired) electrons. The van der Waals surface area contributed by atoms with Gasteiger partial charge >= 0.3 is 0 Å². The maximum absolute atomic E-state index is 12.0. The molecule has 0 spiro atoms. The summed E-state index contributed by atoms with van der Waals surface area (Å²) in [5.41, 5.74) is 7.28. The molecule has 2 aromatic rings. The van der Waals surface area contributed by atoms with E-state index in [0.29, 0.717) is 24.0 Å². The maximum atomic E-state index is 12.0. The molecule has 0 saturated carbocycles. The second-order valence-electron chi connectivity index (χ2n) is 6.19. The largest absolute Gasteiger partial charge is 0.484 e. The molecule has 5 nitrogen and oxygen atoms in total. The Bertz CT molecular complexity index is 728. The first-order valence-corrected chi connectivity index (χ1v) is 9.42. The smallest absolute Gasteiger partial charge is 0.255 e. The van der Waals surface area contributed by atoms with Crippen molar-refractivity contribution in [3.63, 3.8) is 0 Å². The highest BCUT2D eigenvalue weighted by atomic mass is 32.2. The molecular formula is C20H24N2O3S. The Kier molecular flexibility index (Phi) is 7.53. The van der Waals surface area contributed by atoms with Gasteiger partial charge in [-0.2, -0.15) is 0 Å². The minimum atomic E-state index is -0.516. The molecule has 0 aliphatic rings. The van der Waals surface area contributed by atoms with Crippen LogP contribution in [-0.2, 0) is 16.1 Å². The van der Waals surface area contributed by atoms with Gasteiger partial charge in [0.2, 0.25) is 5.91 Å². The number of nitrogens with one attached hydrogen (secondary N) is 1. The molecule has 0 aliphatic carbocycles. The molecule has 0 atom stereocenters. The van der Waals surface area contributed by atoms with Crippen LogP contribution in [0.4, 0.5) is 0 Å². The zero-order chi connectivity index (χ0) is 18.9. The van der Waals surface area contributed by atoms with Gasteiger partial charge in [0.15, 0.2) is 6.61 Å². The number of hydrogen-bond acceptors (Lipinski definition) is 4. The Morgan fingerprint density at radius 2 is 1.73 bits per heavy atom. The van der Waals surface area contributed by atoms with Gasteiger partial charge in [-0.05, 0) is 41.3 Å². The van der Waals surface area contributed by atoms with Gasteiger partial charge in [-0.15, -0.1) is 11.8 Å². The van der Waals surface area contributed by atoms with E-state index in [0.717, 1.165) is 10.5 Å². The molecular weight excluding hydrogens is 348 g/mol. The number of benzene rings is 2. The van der Waals surface area contributed by atoms with Crippen LogP contribution in [0.1, 0.15) is 30.9 Å². The highest BCUT2D eigenvalue weighted by Crippen LogP contribution is 2.21.